The molecule has 1 saturated heterocycles. The van der Waals surface area contributed by atoms with Crippen LogP contribution in [0.1, 0.15) is 18.5 Å². The first-order valence-corrected chi connectivity index (χ1v) is 10.8. The maximum Gasteiger partial charge on any atom is 0.326 e. The molecule has 2 aromatic heterocycles. The summed E-state index contributed by atoms with van der Waals surface area (Å²) in [6.45, 7) is 7.72. The molecular weight excluding hydrogens is 414 g/mol. The third-order valence-corrected chi connectivity index (χ3v) is 6.37. The Morgan fingerprint density at radius 1 is 1.19 bits per heavy atom. The number of nitrogens with zero attached hydrogens (tertiary/aromatic N) is 6. The maximum atomic E-state index is 6.21. The standard InChI is InChI=1S/C22H24ClN7O/c1-3-30-22(31-18-7-5-4-6-17(18)23)27-21(28-30)26-20-15-8-9-16(20)12-29(11-15)19-10-14(2)24-13-25-19/h3-7,10,13,15-16,20H,1,8-9,11-12H2,2H3,(H,26,28). The highest BCUT2D eigenvalue weighted by Crippen LogP contribution is 2.40. The first-order chi connectivity index (χ1) is 15.1. The van der Waals surface area contributed by atoms with Gasteiger partial charge in [0.05, 0.1) is 5.02 Å². The van der Waals surface area contributed by atoms with Crippen LogP contribution in [-0.4, -0.2) is 43.9 Å². The minimum Gasteiger partial charge on any atom is -0.423 e. The maximum absolute atomic E-state index is 6.21. The lowest BCUT2D eigenvalue weighted by Gasteiger charge is -2.38. The van der Waals surface area contributed by atoms with Crippen LogP contribution in [0.2, 0.25) is 5.02 Å². The molecule has 8 nitrogen and oxygen atoms in total. The second kappa shape index (κ2) is 8.19. The van der Waals surface area contributed by atoms with E-state index >= 15 is 0 Å². The van der Waals surface area contributed by atoms with Crippen molar-refractivity contribution in [2.75, 3.05) is 23.3 Å². The van der Waals surface area contributed by atoms with Gasteiger partial charge in [0.1, 0.15) is 17.9 Å². The highest BCUT2D eigenvalue weighted by Gasteiger charge is 2.43. The van der Waals surface area contributed by atoms with Gasteiger partial charge in [-0.1, -0.05) is 30.3 Å². The lowest BCUT2D eigenvalue weighted by Crippen LogP contribution is -2.48. The zero-order valence-electron chi connectivity index (χ0n) is 17.3. The zero-order valence-corrected chi connectivity index (χ0v) is 18.0. The number of benzene rings is 1. The minimum absolute atomic E-state index is 0.313. The van der Waals surface area contributed by atoms with E-state index in [2.05, 4.69) is 42.9 Å². The minimum atomic E-state index is 0.313. The van der Waals surface area contributed by atoms with Gasteiger partial charge < -0.3 is 15.0 Å². The summed E-state index contributed by atoms with van der Waals surface area (Å²) in [4.78, 5) is 15.6. The Morgan fingerprint density at radius 3 is 2.68 bits per heavy atom. The fourth-order valence-electron chi connectivity index (χ4n) is 4.59. The van der Waals surface area contributed by atoms with E-state index in [0.717, 1.165) is 24.6 Å². The van der Waals surface area contributed by atoms with Gasteiger partial charge in [0.2, 0.25) is 5.95 Å². The van der Waals surface area contributed by atoms with Crippen LogP contribution in [-0.2, 0) is 0 Å². The molecule has 2 unspecified atom stereocenters. The molecule has 1 aliphatic carbocycles. The summed E-state index contributed by atoms with van der Waals surface area (Å²) in [5.41, 5.74) is 0.989. The molecular formula is C22H24ClN7O. The number of halogens is 1. The van der Waals surface area contributed by atoms with Gasteiger partial charge in [-0.2, -0.15) is 9.67 Å². The van der Waals surface area contributed by atoms with Crippen molar-refractivity contribution in [1.29, 1.82) is 0 Å². The average molecular weight is 438 g/mol. The number of hydrogen-bond acceptors (Lipinski definition) is 7. The molecule has 160 valence electrons. The van der Waals surface area contributed by atoms with Crippen LogP contribution in [0.4, 0.5) is 11.8 Å². The quantitative estimate of drug-likeness (QED) is 0.617. The Bertz CT molecular complexity index is 1090. The predicted octanol–water partition coefficient (Wildman–Crippen LogP) is 4.25. The molecule has 0 radical (unpaired) electrons. The first kappa shape index (κ1) is 19.8. The molecule has 2 aliphatic rings. The van der Waals surface area contributed by atoms with Crippen molar-refractivity contribution in [2.45, 2.75) is 25.8 Å². The smallest absolute Gasteiger partial charge is 0.326 e. The van der Waals surface area contributed by atoms with Gasteiger partial charge in [0, 0.05) is 37.1 Å². The summed E-state index contributed by atoms with van der Waals surface area (Å²) in [5, 5.41) is 8.58. The predicted molar refractivity (Wildman–Crippen MR) is 121 cm³/mol. The third-order valence-electron chi connectivity index (χ3n) is 6.05. The van der Waals surface area contributed by atoms with E-state index in [0.29, 0.717) is 40.6 Å². The number of fused-ring (bicyclic) bond motifs is 2. The molecule has 1 N–H and O–H groups in total. The summed E-state index contributed by atoms with van der Waals surface area (Å²) in [7, 11) is 0. The largest absolute Gasteiger partial charge is 0.423 e. The van der Waals surface area contributed by atoms with Crippen molar-refractivity contribution >= 4 is 29.6 Å². The Hall–Kier alpha value is -3.13. The fourth-order valence-corrected chi connectivity index (χ4v) is 4.77. The van der Waals surface area contributed by atoms with Crippen molar-refractivity contribution in [3.63, 3.8) is 0 Å². The number of ether oxygens (including phenoxy) is 1. The van der Waals surface area contributed by atoms with Crippen LogP contribution in [0, 0.1) is 18.8 Å². The monoisotopic (exact) mass is 437 g/mol. The normalized spacial score (nSPS) is 22.4. The number of para-hydroxylation sites is 1. The van der Waals surface area contributed by atoms with Crippen LogP contribution in [0.25, 0.3) is 6.20 Å². The van der Waals surface area contributed by atoms with Gasteiger partial charge in [0.25, 0.3) is 0 Å². The Labute approximate surface area is 185 Å². The molecule has 2 bridgehead atoms. The van der Waals surface area contributed by atoms with Crippen LogP contribution >= 0.6 is 11.6 Å². The zero-order chi connectivity index (χ0) is 21.4. The SMILES string of the molecule is C=Cn1nc(NC2C3CCC2CN(c2cc(C)ncn2)C3)nc1Oc1ccccc1Cl. The molecule has 31 heavy (non-hydrogen) atoms. The summed E-state index contributed by atoms with van der Waals surface area (Å²) in [6.07, 6.45) is 5.56. The molecule has 9 heteroatoms. The van der Waals surface area contributed by atoms with Crippen LogP contribution < -0.4 is 15.0 Å². The van der Waals surface area contributed by atoms with Crippen molar-refractivity contribution in [2.24, 2.45) is 11.8 Å². The number of nitrogens with one attached hydrogen (secondary N) is 1. The van der Waals surface area contributed by atoms with E-state index in [-0.39, 0.29) is 0 Å². The molecule has 1 saturated carbocycles. The second-order valence-corrected chi connectivity index (χ2v) is 8.48. The van der Waals surface area contributed by atoms with Gasteiger partial charge in [-0.3, -0.25) is 0 Å². The van der Waals surface area contributed by atoms with Gasteiger partial charge in [-0.15, -0.1) is 5.10 Å². The summed E-state index contributed by atoms with van der Waals surface area (Å²) >= 11 is 6.21. The Kier molecular flexibility index (Phi) is 5.23. The van der Waals surface area contributed by atoms with Gasteiger partial charge >= 0.3 is 6.01 Å². The third kappa shape index (κ3) is 3.95. The van der Waals surface area contributed by atoms with E-state index in [9.17, 15) is 0 Å². The van der Waals surface area contributed by atoms with Crippen molar-refractivity contribution < 1.29 is 4.74 Å². The van der Waals surface area contributed by atoms with Crippen molar-refractivity contribution in [1.82, 2.24) is 24.7 Å². The number of aryl methyl sites for hydroxylation is 1. The summed E-state index contributed by atoms with van der Waals surface area (Å²) in [6, 6.07) is 9.97. The molecule has 2 fully saturated rings. The topological polar surface area (TPSA) is 81.0 Å². The highest BCUT2D eigenvalue weighted by atomic mass is 35.5. The average Bonchev–Trinajstić information content (AvgIpc) is 3.25. The lowest BCUT2D eigenvalue weighted by atomic mass is 9.92. The van der Waals surface area contributed by atoms with E-state index in [4.69, 9.17) is 16.3 Å². The van der Waals surface area contributed by atoms with Gasteiger partial charge in [-0.05, 0) is 43.7 Å². The second-order valence-electron chi connectivity index (χ2n) is 8.07. The lowest BCUT2D eigenvalue weighted by molar-refractivity contribution is 0.374. The molecule has 3 heterocycles. The molecule has 0 spiro atoms. The van der Waals surface area contributed by atoms with Crippen LogP contribution in [0.15, 0.2) is 43.2 Å². The number of anilines is 2. The molecule has 2 atom stereocenters. The number of rotatable bonds is 6. The van der Waals surface area contributed by atoms with Crippen molar-refractivity contribution in [3.05, 3.63) is 54.0 Å². The van der Waals surface area contributed by atoms with Gasteiger partial charge in [0.15, 0.2) is 0 Å². The molecule has 3 aromatic rings. The molecule has 0 amide bonds. The molecule has 1 aliphatic heterocycles. The van der Waals surface area contributed by atoms with E-state index in [1.165, 1.54) is 17.5 Å². The molecule has 1 aromatic carbocycles. The van der Waals surface area contributed by atoms with E-state index in [1.807, 2.05) is 19.1 Å². The Morgan fingerprint density at radius 2 is 1.97 bits per heavy atom. The van der Waals surface area contributed by atoms with E-state index < -0.39 is 0 Å². The highest BCUT2D eigenvalue weighted by molar-refractivity contribution is 6.32. The summed E-state index contributed by atoms with van der Waals surface area (Å²) in [5.74, 6) is 3.07. The van der Waals surface area contributed by atoms with Crippen LogP contribution in [0.5, 0.6) is 11.8 Å². The van der Waals surface area contributed by atoms with E-state index in [1.54, 1.807) is 24.7 Å². The first-order valence-electron chi connectivity index (χ1n) is 10.4. The van der Waals surface area contributed by atoms with Crippen LogP contribution in [0.3, 0.4) is 0 Å². The number of piperidine rings is 1. The summed E-state index contributed by atoms with van der Waals surface area (Å²) < 4.78 is 7.40. The number of aromatic nitrogens is 5. The van der Waals surface area contributed by atoms with Crippen molar-refractivity contribution in [3.8, 4) is 11.8 Å². The number of hydrogen-bond donors (Lipinski definition) is 1. The fraction of sp³-hybridized carbons (Fsp3) is 0.364. The molecule has 5 rings (SSSR count). The Balaban J connectivity index is 1.31. The van der Waals surface area contributed by atoms with Gasteiger partial charge in [-0.25, -0.2) is 9.97 Å².